The van der Waals surface area contributed by atoms with Gasteiger partial charge < -0.3 is 0 Å². The fourth-order valence-electron chi connectivity index (χ4n) is 1.60. The first kappa shape index (κ1) is 14.1. The number of aromatic nitrogens is 3. The normalized spacial score (nSPS) is 14.9. The lowest BCUT2D eigenvalue weighted by atomic mass is 10.0. The third kappa shape index (κ3) is 2.84. The highest BCUT2D eigenvalue weighted by atomic mass is 32.2. The summed E-state index contributed by atoms with van der Waals surface area (Å²) >= 11 is 0. The molecule has 98 valence electrons. The maximum absolute atomic E-state index is 11.5. The molecular weight excluding hydrogens is 240 g/mol. The van der Waals surface area contributed by atoms with Crippen LogP contribution >= 0.6 is 0 Å². The van der Waals surface area contributed by atoms with E-state index in [2.05, 4.69) is 10.2 Å². The molecule has 1 aromatic heterocycles. The molecule has 0 bridgehead atoms. The van der Waals surface area contributed by atoms with Gasteiger partial charge in [0.15, 0.2) is 0 Å². The molecule has 0 radical (unpaired) electrons. The molecule has 1 unspecified atom stereocenters. The number of sulfonamides is 1. The highest BCUT2D eigenvalue weighted by Crippen LogP contribution is 2.26. The van der Waals surface area contributed by atoms with Crippen molar-refractivity contribution in [2.24, 2.45) is 5.14 Å². The van der Waals surface area contributed by atoms with Gasteiger partial charge in [-0.3, -0.25) is 4.57 Å². The van der Waals surface area contributed by atoms with Gasteiger partial charge in [-0.25, -0.2) is 13.6 Å². The molecule has 0 aliphatic heterocycles. The number of nitrogens with zero attached hydrogens (tertiary/aromatic N) is 3. The van der Waals surface area contributed by atoms with Gasteiger partial charge in [0.25, 0.3) is 15.2 Å². The minimum absolute atomic E-state index is 0.136. The van der Waals surface area contributed by atoms with Crippen molar-refractivity contribution in [2.75, 3.05) is 0 Å². The zero-order valence-corrected chi connectivity index (χ0v) is 11.7. The minimum atomic E-state index is -3.85. The Kier molecular flexibility index (Phi) is 3.63. The molecule has 1 aromatic rings. The van der Waals surface area contributed by atoms with E-state index in [1.165, 1.54) is 0 Å². The Morgan fingerprint density at radius 1 is 1.35 bits per heavy atom. The smallest absolute Gasteiger partial charge is 0.273 e. The summed E-state index contributed by atoms with van der Waals surface area (Å²) in [6.07, 6.45) is 0.860. The molecule has 0 amide bonds. The van der Waals surface area contributed by atoms with Crippen molar-refractivity contribution in [1.29, 1.82) is 0 Å². The Bertz CT molecular complexity index is 499. The first-order valence-corrected chi connectivity index (χ1v) is 7.12. The van der Waals surface area contributed by atoms with Crippen molar-refractivity contribution >= 4 is 10.0 Å². The van der Waals surface area contributed by atoms with Crippen LogP contribution in [0, 0.1) is 0 Å². The Balaban J connectivity index is 3.53. The summed E-state index contributed by atoms with van der Waals surface area (Å²) in [7, 11) is -3.85. The van der Waals surface area contributed by atoms with Crippen LogP contribution in [0.2, 0.25) is 0 Å². The Hall–Kier alpha value is -0.950. The fourth-order valence-corrected chi connectivity index (χ4v) is 2.37. The van der Waals surface area contributed by atoms with Crippen molar-refractivity contribution < 1.29 is 8.42 Å². The Morgan fingerprint density at radius 2 is 1.88 bits per heavy atom. The van der Waals surface area contributed by atoms with E-state index in [1.54, 1.807) is 4.57 Å². The monoisotopic (exact) mass is 260 g/mol. The van der Waals surface area contributed by atoms with E-state index in [4.69, 9.17) is 5.14 Å². The van der Waals surface area contributed by atoms with Crippen LogP contribution < -0.4 is 5.14 Å². The molecule has 0 saturated heterocycles. The molecule has 0 spiro atoms. The van der Waals surface area contributed by atoms with Gasteiger partial charge in [-0.05, 0) is 27.2 Å². The van der Waals surface area contributed by atoms with E-state index in [9.17, 15) is 8.42 Å². The molecule has 0 aliphatic carbocycles. The molecule has 6 nitrogen and oxygen atoms in total. The van der Waals surface area contributed by atoms with Gasteiger partial charge in [-0.15, -0.1) is 10.2 Å². The van der Waals surface area contributed by atoms with E-state index >= 15 is 0 Å². The number of rotatable bonds is 3. The number of primary sulfonamides is 1. The highest BCUT2D eigenvalue weighted by molar-refractivity contribution is 7.89. The molecule has 1 atom stereocenters. The zero-order chi connectivity index (χ0) is 13.4. The first-order chi connectivity index (χ1) is 7.59. The number of hydrogen-bond donors (Lipinski definition) is 1. The van der Waals surface area contributed by atoms with Crippen LogP contribution in [0.4, 0.5) is 0 Å². The summed E-state index contributed by atoms with van der Waals surface area (Å²) in [6, 6.07) is 0. The van der Waals surface area contributed by atoms with Gasteiger partial charge in [0.1, 0.15) is 5.82 Å². The second kappa shape index (κ2) is 4.38. The molecular formula is C10H20N4O2S. The van der Waals surface area contributed by atoms with Crippen LogP contribution in [0.5, 0.6) is 0 Å². The maximum atomic E-state index is 11.5. The number of nitrogens with two attached hydrogens (primary N) is 1. The number of hydrogen-bond acceptors (Lipinski definition) is 4. The summed E-state index contributed by atoms with van der Waals surface area (Å²) in [5.74, 6) is 0.793. The van der Waals surface area contributed by atoms with Crippen LogP contribution in [-0.4, -0.2) is 23.2 Å². The zero-order valence-electron chi connectivity index (χ0n) is 10.9. The lowest BCUT2D eigenvalue weighted by molar-refractivity contribution is 0.342. The van der Waals surface area contributed by atoms with Gasteiger partial charge in [0.2, 0.25) is 0 Å². The Labute approximate surface area is 102 Å². The molecule has 1 rings (SSSR count). The predicted molar refractivity (Wildman–Crippen MR) is 65.1 cm³/mol. The van der Waals surface area contributed by atoms with E-state index in [0.29, 0.717) is 5.82 Å². The van der Waals surface area contributed by atoms with Gasteiger partial charge in [0, 0.05) is 11.5 Å². The predicted octanol–water partition coefficient (Wildman–Crippen LogP) is 1.19. The summed E-state index contributed by atoms with van der Waals surface area (Å²) in [5, 5.41) is 12.7. The molecule has 0 fully saturated rings. The molecule has 0 saturated carbocycles. The lowest BCUT2D eigenvalue weighted by Gasteiger charge is -2.25. The van der Waals surface area contributed by atoms with Crippen LogP contribution in [-0.2, 0) is 15.6 Å². The average Bonchev–Trinajstić information content (AvgIpc) is 2.59. The minimum Gasteiger partial charge on any atom is -0.295 e. The molecule has 7 heteroatoms. The lowest BCUT2D eigenvalue weighted by Crippen LogP contribution is -2.30. The topological polar surface area (TPSA) is 90.9 Å². The maximum Gasteiger partial charge on any atom is 0.273 e. The van der Waals surface area contributed by atoms with Crippen molar-refractivity contribution in [3.8, 4) is 0 Å². The van der Waals surface area contributed by atoms with E-state index in [-0.39, 0.29) is 11.1 Å². The molecule has 0 aliphatic rings. The van der Waals surface area contributed by atoms with Gasteiger partial charge in [-0.1, -0.05) is 13.8 Å². The van der Waals surface area contributed by atoms with Crippen molar-refractivity contribution in [1.82, 2.24) is 14.8 Å². The second-order valence-electron chi connectivity index (χ2n) is 5.20. The summed E-state index contributed by atoms with van der Waals surface area (Å²) in [6.45, 7) is 9.70. The molecule has 0 aromatic carbocycles. The van der Waals surface area contributed by atoms with Crippen LogP contribution in [0.15, 0.2) is 5.16 Å². The first-order valence-electron chi connectivity index (χ1n) is 5.57. The fraction of sp³-hybridized carbons (Fsp3) is 0.800. The summed E-state index contributed by atoms with van der Waals surface area (Å²) in [4.78, 5) is 0. The Morgan fingerprint density at radius 3 is 2.24 bits per heavy atom. The second-order valence-corrected chi connectivity index (χ2v) is 6.66. The average molecular weight is 260 g/mol. The van der Waals surface area contributed by atoms with Crippen molar-refractivity contribution in [3.63, 3.8) is 0 Å². The van der Waals surface area contributed by atoms with E-state index in [0.717, 1.165) is 6.42 Å². The van der Waals surface area contributed by atoms with E-state index in [1.807, 2.05) is 34.6 Å². The summed E-state index contributed by atoms with van der Waals surface area (Å²) < 4.78 is 24.6. The molecule has 1 heterocycles. The SMILES string of the molecule is CCC(C)c1nnc(S(N)(=O)=O)n1C(C)(C)C. The van der Waals surface area contributed by atoms with Crippen LogP contribution in [0.1, 0.15) is 52.8 Å². The molecule has 17 heavy (non-hydrogen) atoms. The largest absolute Gasteiger partial charge is 0.295 e. The third-order valence-corrected chi connectivity index (χ3v) is 3.41. The van der Waals surface area contributed by atoms with Crippen molar-refractivity contribution in [2.45, 2.75) is 57.7 Å². The highest BCUT2D eigenvalue weighted by Gasteiger charge is 2.30. The van der Waals surface area contributed by atoms with E-state index < -0.39 is 15.6 Å². The van der Waals surface area contributed by atoms with Gasteiger partial charge in [0.05, 0.1) is 0 Å². The van der Waals surface area contributed by atoms with Crippen LogP contribution in [0.25, 0.3) is 0 Å². The quantitative estimate of drug-likeness (QED) is 0.883. The van der Waals surface area contributed by atoms with Crippen LogP contribution in [0.3, 0.4) is 0 Å². The van der Waals surface area contributed by atoms with Crippen molar-refractivity contribution in [3.05, 3.63) is 5.82 Å². The third-order valence-electron chi connectivity index (χ3n) is 2.64. The summed E-state index contributed by atoms with van der Waals surface area (Å²) in [5.41, 5.74) is -0.427. The van der Waals surface area contributed by atoms with Gasteiger partial charge in [-0.2, -0.15) is 0 Å². The molecule has 2 N–H and O–H groups in total. The van der Waals surface area contributed by atoms with Gasteiger partial charge >= 0.3 is 0 Å². The standard InChI is InChI=1S/C10H20N4O2S/c1-6-7(2)8-12-13-9(17(11,15)16)14(8)10(3,4)5/h7H,6H2,1-5H3,(H2,11,15,16).